The Labute approximate surface area is 85.6 Å². The quantitative estimate of drug-likeness (QED) is 0.575. The highest BCUT2D eigenvalue weighted by Gasteiger charge is 2.26. The molecule has 1 nitrogen and oxygen atoms in total. The van der Waals surface area contributed by atoms with Gasteiger partial charge in [0.25, 0.3) is 0 Å². The number of fused-ring (bicyclic) bond motifs is 2. The van der Waals surface area contributed by atoms with Crippen LogP contribution in [0.4, 0.5) is 0 Å². The SMILES string of the molecule is C1=C2CC3=CCCCC3NC2=CCC1. The van der Waals surface area contributed by atoms with Gasteiger partial charge in [-0.15, -0.1) is 0 Å². The highest BCUT2D eigenvalue weighted by atomic mass is 14.9. The lowest BCUT2D eigenvalue weighted by Crippen LogP contribution is -2.37. The normalized spacial score (nSPS) is 30.3. The first kappa shape index (κ1) is 8.34. The van der Waals surface area contributed by atoms with Crippen molar-refractivity contribution in [1.29, 1.82) is 0 Å². The molecule has 1 atom stereocenters. The zero-order chi connectivity index (χ0) is 9.38. The Morgan fingerprint density at radius 3 is 3.00 bits per heavy atom. The third-order valence-corrected chi connectivity index (χ3v) is 3.53. The maximum atomic E-state index is 3.68. The molecule has 0 bridgehead atoms. The molecule has 1 heteroatoms. The monoisotopic (exact) mass is 187 g/mol. The van der Waals surface area contributed by atoms with Gasteiger partial charge in [-0.25, -0.2) is 0 Å². The summed E-state index contributed by atoms with van der Waals surface area (Å²) in [4.78, 5) is 0. The van der Waals surface area contributed by atoms with Crippen LogP contribution < -0.4 is 5.32 Å². The molecule has 1 N–H and O–H groups in total. The molecule has 1 saturated heterocycles. The minimum absolute atomic E-state index is 0.658. The van der Waals surface area contributed by atoms with Crippen LogP contribution in [0.25, 0.3) is 0 Å². The number of allylic oxidation sites excluding steroid dienone is 4. The lowest BCUT2D eigenvalue weighted by Gasteiger charge is -2.35. The van der Waals surface area contributed by atoms with E-state index < -0.39 is 0 Å². The van der Waals surface area contributed by atoms with E-state index in [-0.39, 0.29) is 0 Å². The zero-order valence-corrected chi connectivity index (χ0v) is 8.55. The molecule has 74 valence electrons. The molecule has 1 unspecified atom stereocenters. The predicted octanol–water partition coefficient (Wildman–Crippen LogP) is 3.06. The van der Waals surface area contributed by atoms with E-state index in [9.17, 15) is 0 Å². The highest BCUT2D eigenvalue weighted by Crippen LogP contribution is 2.34. The van der Waals surface area contributed by atoms with Crippen molar-refractivity contribution in [3.63, 3.8) is 0 Å². The average Bonchev–Trinajstić information content (AvgIpc) is 2.26. The Kier molecular flexibility index (Phi) is 1.97. The van der Waals surface area contributed by atoms with Gasteiger partial charge >= 0.3 is 0 Å². The molecule has 0 aromatic carbocycles. The smallest absolute Gasteiger partial charge is 0.0477 e. The number of hydrogen-bond donors (Lipinski definition) is 1. The summed E-state index contributed by atoms with van der Waals surface area (Å²) >= 11 is 0. The van der Waals surface area contributed by atoms with Crippen molar-refractivity contribution in [3.8, 4) is 0 Å². The topological polar surface area (TPSA) is 12.0 Å². The summed E-state index contributed by atoms with van der Waals surface area (Å²) < 4.78 is 0. The van der Waals surface area contributed by atoms with Gasteiger partial charge in [-0.3, -0.25) is 0 Å². The largest absolute Gasteiger partial charge is 0.379 e. The van der Waals surface area contributed by atoms with E-state index in [1.165, 1.54) is 44.2 Å². The zero-order valence-electron chi connectivity index (χ0n) is 8.55. The predicted molar refractivity (Wildman–Crippen MR) is 58.9 cm³/mol. The van der Waals surface area contributed by atoms with E-state index in [0.29, 0.717) is 6.04 Å². The summed E-state index contributed by atoms with van der Waals surface area (Å²) in [7, 11) is 0. The molecule has 0 radical (unpaired) electrons. The van der Waals surface area contributed by atoms with Crippen molar-refractivity contribution in [2.45, 2.75) is 44.6 Å². The second-order valence-electron chi connectivity index (χ2n) is 4.51. The van der Waals surface area contributed by atoms with E-state index in [0.717, 1.165) is 0 Å². The first-order chi connectivity index (χ1) is 6.93. The van der Waals surface area contributed by atoms with E-state index in [2.05, 4.69) is 23.5 Å². The first-order valence-electron chi connectivity index (χ1n) is 5.78. The van der Waals surface area contributed by atoms with Crippen molar-refractivity contribution >= 4 is 0 Å². The second kappa shape index (κ2) is 3.30. The molecular formula is C13H17N. The van der Waals surface area contributed by atoms with Crippen LogP contribution in [0.5, 0.6) is 0 Å². The Balaban J connectivity index is 1.90. The summed E-state index contributed by atoms with van der Waals surface area (Å²) in [5, 5.41) is 3.68. The molecule has 2 aliphatic carbocycles. The van der Waals surface area contributed by atoms with Gasteiger partial charge in [0, 0.05) is 11.7 Å². The fourth-order valence-electron chi connectivity index (χ4n) is 2.75. The van der Waals surface area contributed by atoms with Crippen LogP contribution in [0.3, 0.4) is 0 Å². The van der Waals surface area contributed by atoms with Gasteiger partial charge in [0.15, 0.2) is 0 Å². The summed E-state index contributed by atoms with van der Waals surface area (Å²) in [5.74, 6) is 0. The van der Waals surface area contributed by atoms with E-state index in [1.54, 1.807) is 11.1 Å². The Bertz CT molecular complexity index is 333. The number of hydrogen-bond acceptors (Lipinski definition) is 1. The lowest BCUT2D eigenvalue weighted by molar-refractivity contribution is 0.510. The van der Waals surface area contributed by atoms with Crippen molar-refractivity contribution in [2.75, 3.05) is 0 Å². The molecule has 0 aromatic rings. The molecule has 0 aromatic heterocycles. The van der Waals surface area contributed by atoms with Crippen LogP contribution in [0.1, 0.15) is 38.5 Å². The molecule has 0 spiro atoms. The fraction of sp³-hybridized carbons (Fsp3) is 0.538. The van der Waals surface area contributed by atoms with Gasteiger partial charge in [-0.2, -0.15) is 0 Å². The van der Waals surface area contributed by atoms with Gasteiger partial charge in [0.05, 0.1) is 0 Å². The lowest BCUT2D eigenvalue weighted by atomic mass is 9.83. The van der Waals surface area contributed by atoms with Gasteiger partial charge in [0.1, 0.15) is 0 Å². The van der Waals surface area contributed by atoms with E-state index >= 15 is 0 Å². The minimum atomic E-state index is 0.658. The molecule has 0 amide bonds. The molecule has 14 heavy (non-hydrogen) atoms. The maximum Gasteiger partial charge on any atom is 0.0477 e. The van der Waals surface area contributed by atoms with Crippen molar-refractivity contribution < 1.29 is 0 Å². The highest BCUT2D eigenvalue weighted by molar-refractivity contribution is 5.42. The number of piperidine rings is 1. The third kappa shape index (κ3) is 1.31. The van der Waals surface area contributed by atoms with Gasteiger partial charge in [-0.05, 0) is 49.7 Å². The molecule has 0 saturated carbocycles. The van der Waals surface area contributed by atoms with Crippen molar-refractivity contribution in [1.82, 2.24) is 5.32 Å². The second-order valence-corrected chi connectivity index (χ2v) is 4.51. The van der Waals surface area contributed by atoms with Crippen LogP contribution in [0.15, 0.2) is 35.1 Å². The van der Waals surface area contributed by atoms with Crippen molar-refractivity contribution in [3.05, 3.63) is 35.1 Å². The Morgan fingerprint density at radius 2 is 2.00 bits per heavy atom. The average molecular weight is 187 g/mol. The summed E-state index contributed by atoms with van der Waals surface area (Å²) in [6, 6.07) is 0.658. The van der Waals surface area contributed by atoms with Gasteiger partial charge in [-0.1, -0.05) is 18.2 Å². The van der Waals surface area contributed by atoms with Crippen LogP contribution >= 0.6 is 0 Å². The Morgan fingerprint density at radius 1 is 1.07 bits per heavy atom. The van der Waals surface area contributed by atoms with Gasteiger partial charge in [0.2, 0.25) is 0 Å². The van der Waals surface area contributed by atoms with Crippen LogP contribution in [0, 0.1) is 0 Å². The summed E-state index contributed by atoms with van der Waals surface area (Å²) in [6.45, 7) is 0. The van der Waals surface area contributed by atoms with E-state index in [4.69, 9.17) is 0 Å². The van der Waals surface area contributed by atoms with Crippen molar-refractivity contribution in [2.24, 2.45) is 0 Å². The molecule has 1 fully saturated rings. The molecule has 3 aliphatic rings. The Hall–Kier alpha value is -0.980. The van der Waals surface area contributed by atoms with Crippen LogP contribution in [-0.2, 0) is 0 Å². The van der Waals surface area contributed by atoms with E-state index in [1.807, 2.05) is 0 Å². The van der Waals surface area contributed by atoms with Crippen LogP contribution in [0.2, 0.25) is 0 Å². The molecule has 3 rings (SSSR count). The molecule has 1 heterocycles. The standard InChI is InChI=1S/C13H17N/c1-3-7-12-10(5-1)9-11-6-2-4-8-13(11)14-12/h5-7,13-14H,1-4,8-9H2. The fourth-order valence-corrected chi connectivity index (χ4v) is 2.75. The number of rotatable bonds is 0. The summed E-state index contributed by atoms with van der Waals surface area (Å²) in [5.41, 5.74) is 4.61. The summed E-state index contributed by atoms with van der Waals surface area (Å²) in [6.07, 6.45) is 14.9. The molecule has 1 aliphatic heterocycles. The maximum absolute atomic E-state index is 3.68. The van der Waals surface area contributed by atoms with Crippen LogP contribution in [-0.4, -0.2) is 6.04 Å². The minimum Gasteiger partial charge on any atom is -0.379 e. The first-order valence-corrected chi connectivity index (χ1v) is 5.78. The third-order valence-electron chi connectivity index (χ3n) is 3.53. The number of nitrogens with one attached hydrogen (secondary N) is 1. The molecular weight excluding hydrogens is 170 g/mol. The van der Waals surface area contributed by atoms with Gasteiger partial charge < -0.3 is 5.32 Å².